The Morgan fingerprint density at radius 2 is 1.71 bits per heavy atom. The van der Waals surface area contributed by atoms with Crippen LogP contribution in [-0.4, -0.2) is 22.5 Å². The maximum Gasteiger partial charge on any atom is 0.250 e. The Balaban J connectivity index is 1.78. The van der Waals surface area contributed by atoms with Crippen LogP contribution in [0.25, 0.3) is 22.3 Å². The number of amides is 1. The zero-order valence-electron chi connectivity index (χ0n) is 15.9. The van der Waals surface area contributed by atoms with Gasteiger partial charge in [0.15, 0.2) is 0 Å². The van der Waals surface area contributed by atoms with Crippen molar-refractivity contribution in [1.82, 2.24) is 9.55 Å². The molecule has 0 spiro atoms. The first-order valence-electron chi connectivity index (χ1n) is 9.12. The Morgan fingerprint density at radius 3 is 2.43 bits per heavy atom. The summed E-state index contributed by atoms with van der Waals surface area (Å²) in [6, 6.07) is 8.54. The van der Waals surface area contributed by atoms with Crippen LogP contribution >= 0.6 is 0 Å². The number of benzene rings is 1. The summed E-state index contributed by atoms with van der Waals surface area (Å²) in [4.78, 5) is 29.6. The quantitative estimate of drug-likeness (QED) is 0.697. The number of hydrogen-bond acceptors (Lipinski definition) is 3. The molecule has 4 rings (SSSR count). The number of aromatic nitrogens is 2. The van der Waals surface area contributed by atoms with Crippen molar-refractivity contribution in [2.75, 3.05) is 11.9 Å². The van der Waals surface area contributed by atoms with Crippen LogP contribution in [0.4, 0.5) is 10.1 Å². The Bertz CT molecular complexity index is 1150. The van der Waals surface area contributed by atoms with Gasteiger partial charge in [-0.25, -0.2) is 4.39 Å². The van der Waals surface area contributed by atoms with Crippen LogP contribution in [0.1, 0.15) is 25.5 Å². The van der Waals surface area contributed by atoms with Crippen molar-refractivity contribution in [2.45, 2.75) is 26.3 Å². The monoisotopic (exact) mass is 377 g/mol. The molecule has 0 saturated carbocycles. The van der Waals surface area contributed by atoms with E-state index in [4.69, 9.17) is 0 Å². The first-order chi connectivity index (χ1) is 13.3. The van der Waals surface area contributed by atoms with E-state index in [0.29, 0.717) is 16.8 Å². The summed E-state index contributed by atoms with van der Waals surface area (Å²) in [6.45, 7) is 3.90. The molecule has 0 fully saturated rings. The van der Waals surface area contributed by atoms with Crippen molar-refractivity contribution >= 4 is 11.6 Å². The van der Waals surface area contributed by atoms with Crippen molar-refractivity contribution in [3.63, 3.8) is 0 Å². The third kappa shape index (κ3) is 3.01. The Kier molecular flexibility index (Phi) is 4.34. The molecule has 142 valence electrons. The Hall–Kier alpha value is -3.28. The van der Waals surface area contributed by atoms with Crippen molar-refractivity contribution in [3.05, 3.63) is 70.7 Å². The number of carbonyl (C=O) groups is 1. The number of nitrogens with zero attached hydrogens (tertiary/aromatic N) is 3. The molecule has 0 N–H and O–H groups in total. The molecule has 3 aromatic rings. The second kappa shape index (κ2) is 6.71. The first kappa shape index (κ1) is 18.1. The standard InChI is InChI=1S/C22H20FN3O2/c1-13(2)26-12-14(4-5-20(26)27)17-7-18(11-24-10-17)15-6-16-9-21(28)25(3)22(16)19(23)8-15/h4-8,10-13H,9H2,1-3H3. The van der Waals surface area contributed by atoms with Crippen LogP contribution in [-0.2, 0) is 11.2 Å². The minimum Gasteiger partial charge on any atom is -0.312 e. The highest BCUT2D eigenvalue weighted by molar-refractivity contribution is 6.01. The molecule has 2 aromatic heterocycles. The molecule has 3 heterocycles. The highest BCUT2D eigenvalue weighted by Crippen LogP contribution is 2.35. The van der Waals surface area contributed by atoms with Crippen LogP contribution < -0.4 is 10.5 Å². The van der Waals surface area contributed by atoms with Gasteiger partial charge in [-0.1, -0.05) is 0 Å². The van der Waals surface area contributed by atoms with E-state index in [1.807, 2.05) is 32.2 Å². The van der Waals surface area contributed by atoms with Crippen LogP contribution in [0, 0.1) is 5.82 Å². The van der Waals surface area contributed by atoms with E-state index in [2.05, 4.69) is 4.98 Å². The summed E-state index contributed by atoms with van der Waals surface area (Å²) in [5.41, 5.74) is 4.09. The smallest absolute Gasteiger partial charge is 0.250 e. The van der Waals surface area contributed by atoms with Crippen molar-refractivity contribution in [3.8, 4) is 22.3 Å². The molecule has 5 nitrogen and oxygen atoms in total. The van der Waals surface area contributed by atoms with E-state index in [9.17, 15) is 14.0 Å². The average molecular weight is 377 g/mol. The lowest BCUT2D eigenvalue weighted by Gasteiger charge is -2.13. The van der Waals surface area contributed by atoms with E-state index in [1.54, 1.807) is 36.1 Å². The molecule has 0 aliphatic carbocycles. The average Bonchev–Trinajstić information content (AvgIpc) is 2.96. The number of likely N-dealkylation sites (N-methyl/N-ethyl adjacent to an activating group) is 1. The molecule has 1 aliphatic heterocycles. The number of carbonyl (C=O) groups excluding carboxylic acids is 1. The van der Waals surface area contributed by atoms with Gasteiger partial charge >= 0.3 is 0 Å². The number of halogens is 1. The van der Waals surface area contributed by atoms with E-state index in [1.165, 1.54) is 11.0 Å². The SMILES string of the molecule is CC(C)n1cc(-c2cncc(-c3cc(F)c4c(c3)CC(=O)N4C)c2)ccc1=O. The van der Waals surface area contributed by atoms with Gasteiger partial charge in [-0.05, 0) is 54.8 Å². The Labute approximate surface area is 162 Å². The molecule has 1 aliphatic rings. The molecule has 0 atom stereocenters. The van der Waals surface area contributed by atoms with Gasteiger partial charge in [-0.2, -0.15) is 0 Å². The third-order valence-corrected chi connectivity index (χ3v) is 5.09. The Morgan fingerprint density at radius 1 is 1.00 bits per heavy atom. The van der Waals surface area contributed by atoms with E-state index >= 15 is 0 Å². The molecule has 6 heteroatoms. The molecule has 1 amide bonds. The fraction of sp³-hybridized carbons (Fsp3) is 0.227. The highest BCUT2D eigenvalue weighted by atomic mass is 19.1. The normalized spacial score (nSPS) is 13.3. The highest BCUT2D eigenvalue weighted by Gasteiger charge is 2.28. The number of fused-ring (bicyclic) bond motifs is 1. The predicted octanol–water partition coefficient (Wildman–Crippen LogP) is 3.82. The lowest BCUT2D eigenvalue weighted by molar-refractivity contribution is -0.117. The summed E-state index contributed by atoms with van der Waals surface area (Å²) in [6.07, 6.45) is 5.40. The maximum atomic E-state index is 14.6. The molecule has 0 saturated heterocycles. The topological polar surface area (TPSA) is 55.2 Å². The van der Waals surface area contributed by atoms with Crippen LogP contribution in [0.15, 0.2) is 53.7 Å². The lowest BCUT2D eigenvalue weighted by Crippen LogP contribution is -2.21. The van der Waals surface area contributed by atoms with Crippen LogP contribution in [0.5, 0.6) is 0 Å². The predicted molar refractivity (Wildman–Crippen MR) is 107 cm³/mol. The van der Waals surface area contributed by atoms with Gasteiger partial charge in [-0.3, -0.25) is 14.6 Å². The van der Waals surface area contributed by atoms with Crippen molar-refractivity contribution in [1.29, 1.82) is 0 Å². The second-order valence-electron chi connectivity index (χ2n) is 7.31. The van der Waals surface area contributed by atoms with Crippen molar-refractivity contribution in [2.24, 2.45) is 0 Å². The van der Waals surface area contributed by atoms with Gasteiger partial charge in [0.1, 0.15) is 5.82 Å². The van der Waals surface area contributed by atoms with E-state index in [-0.39, 0.29) is 23.9 Å². The van der Waals surface area contributed by atoms with E-state index in [0.717, 1.165) is 16.7 Å². The van der Waals surface area contributed by atoms with Gasteiger partial charge < -0.3 is 9.47 Å². The fourth-order valence-corrected chi connectivity index (χ4v) is 3.57. The minimum atomic E-state index is -0.417. The van der Waals surface area contributed by atoms with Gasteiger partial charge in [0.25, 0.3) is 5.56 Å². The summed E-state index contributed by atoms with van der Waals surface area (Å²) in [5, 5.41) is 0. The fourth-order valence-electron chi connectivity index (χ4n) is 3.57. The summed E-state index contributed by atoms with van der Waals surface area (Å²) < 4.78 is 16.3. The number of anilines is 1. The molecular formula is C22H20FN3O2. The zero-order valence-corrected chi connectivity index (χ0v) is 15.9. The van der Waals surface area contributed by atoms with Crippen LogP contribution in [0.3, 0.4) is 0 Å². The maximum absolute atomic E-state index is 14.6. The van der Waals surface area contributed by atoms with Gasteiger partial charge in [0, 0.05) is 48.9 Å². The summed E-state index contributed by atoms with van der Waals surface area (Å²) in [7, 11) is 1.59. The summed E-state index contributed by atoms with van der Waals surface area (Å²) >= 11 is 0. The first-order valence-corrected chi connectivity index (χ1v) is 9.12. The summed E-state index contributed by atoms with van der Waals surface area (Å²) in [5.74, 6) is -0.534. The zero-order chi connectivity index (χ0) is 20.0. The van der Waals surface area contributed by atoms with E-state index < -0.39 is 5.82 Å². The number of pyridine rings is 2. The van der Waals surface area contributed by atoms with Gasteiger partial charge in [0.2, 0.25) is 5.91 Å². The number of rotatable bonds is 3. The molecule has 0 unspecified atom stereocenters. The second-order valence-corrected chi connectivity index (χ2v) is 7.31. The van der Waals surface area contributed by atoms with Crippen LogP contribution in [0.2, 0.25) is 0 Å². The third-order valence-electron chi connectivity index (χ3n) is 5.09. The van der Waals surface area contributed by atoms with Gasteiger partial charge in [-0.15, -0.1) is 0 Å². The largest absolute Gasteiger partial charge is 0.312 e. The molecular weight excluding hydrogens is 357 g/mol. The van der Waals surface area contributed by atoms with Crippen molar-refractivity contribution < 1.29 is 9.18 Å². The van der Waals surface area contributed by atoms with Gasteiger partial charge in [0.05, 0.1) is 12.1 Å². The molecule has 28 heavy (non-hydrogen) atoms. The molecule has 1 aromatic carbocycles. The molecule has 0 bridgehead atoms. The molecule has 0 radical (unpaired) electrons. The minimum absolute atomic E-state index is 0.0453. The lowest BCUT2D eigenvalue weighted by atomic mass is 10.00. The number of hydrogen-bond donors (Lipinski definition) is 0.